The minimum absolute atomic E-state index is 0.250. The maximum Gasteiger partial charge on any atom is 0.222 e. The molecule has 0 bridgehead atoms. The molecule has 1 aromatic rings. The molecule has 3 heterocycles. The van der Waals surface area contributed by atoms with Gasteiger partial charge in [-0.25, -0.2) is 0 Å². The first-order valence-corrected chi connectivity index (χ1v) is 8.69. The molecule has 1 spiro atoms. The van der Waals surface area contributed by atoms with Crippen LogP contribution in [0.3, 0.4) is 0 Å². The van der Waals surface area contributed by atoms with Gasteiger partial charge < -0.3 is 9.64 Å². The van der Waals surface area contributed by atoms with Crippen molar-refractivity contribution in [2.24, 2.45) is 5.92 Å². The number of aromatic nitrogens is 1. The van der Waals surface area contributed by atoms with Gasteiger partial charge in [-0.1, -0.05) is 0 Å². The Kier molecular flexibility index (Phi) is 3.32. The lowest BCUT2D eigenvalue weighted by Crippen LogP contribution is -2.60. The number of hydrogen-bond acceptors (Lipinski definition) is 4. The van der Waals surface area contributed by atoms with E-state index in [-0.39, 0.29) is 10.9 Å². The summed E-state index contributed by atoms with van der Waals surface area (Å²) in [5.41, 5.74) is 0. The minimum atomic E-state index is 0.250. The standard InChI is InChI=1S/C16H20N2O2S/c19-15(6-12-3-4-12)18-10-16(11-18)7-14(9-21-16)20-13-2-1-5-17-8-13/h1-2,5,8,12,14H,3-4,6-7,9-11H2/t14-/m1/s1. The monoisotopic (exact) mass is 304 g/mol. The number of carbonyl (C=O) groups is 1. The van der Waals surface area contributed by atoms with Crippen LogP contribution in [0.4, 0.5) is 0 Å². The molecule has 1 aromatic heterocycles. The third-order valence-corrected chi connectivity index (χ3v) is 6.16. The number of amides is 1. The highest BCUT2D eigenvalue weighted by Crippen LogP contribution is 2.46. The first kappa shape index (κ1) is 13.4. The Morgan fingerprint density at radius 2 is 2.33 bits per heavy atom. The molecule has 3 fully saturated rings. The molecule has 0 unspecified atom stereocenters. The first-order chi connectivity index (χ1) is 10.2. The van der Waals surface area contributed by atoms with Gasteiger partial charge in [-0.3, -0.25) is 9.78 Å². The lowest BCUT2D eigenvalue weighted by atomic mass is 9.92. The van der Waals surface area contributed by atoms with Crippen molar-refractivity contribution in [1.29, 1.82) is 0 Å². The van der Waals surface area contributed by atoms with Crippen molar-refractivity contribution in [2.75, 3.05) is 18.8 Å². The Labute approximate surface area is 129 Å². The largest absolute Gasteiger partial charge is 0.488 e. The van der Waals surface area contributed by atoms with Crippen molar-refractivity contribution in [3.63, 3.8) is 0 Å². The molecule has 0 radical (unpaired) electrons. The molecule has 21 heavy (non-hydrogen) atoms. The van der Waals surface area contributed by atoms with Crippen molar-refractivity contribution < 1.29 is 9.53 Å². The summed E-state index contributed by atoms with van der Waals surface area (Å²) in [4.78, 5) is 18.2. The number of thioether (sulfide) groups is 1. The number of nitrogens with zero attached hydrogens (tertiary/aromatic N) is 2. The number of hydrogen-bond donors (Lipinski definition) is 0. The van der Waals surface area contributed by atoms with Crippen LogP contribution in [0.25, 0.3) is 0 Å². The molecular formula is C16H20N2O2S. The second-order valence-electron chi connectivity index (χ2n) is 6.52. The van der Waals surface area contributed by atoms with Gasteiger partial charge in [-0.2, -0.15) is 0 Å². The highest BCUT2D eigenvalue weighted by molar-refractivity contribution is 8.01. The predicted octanol–water partition coefficient (Wildman–Crippen LogP) is 2.35. The Balaban J connectivity index is 1.28. The third-order valence-electron chi connectivity index (χ3n) is 4.58. The Hall–Kier alpha value is -1.23. The third kappa shape index (κ3) is 2.89. The second kappa shape index (κ2) is 5.20. The summed E-state index contributed by atoms with van der Waals surface area (Å²) in [6.45, 7) is 1.83. The van der Waals surface area contributed by atoms with Crippen molar-refractivity contribution in [3.05, 3.63) is 24.5 Å². The van der Waals surface area contributed by atoms with E-state index < -0.39 is 0 Å². The van der Waals surface area contributed by atoms with Crippen molar-refractivity contribution in [2.45, 2.75) is 36.5 Å². The van der Waals surface area contributed by atoms with E-state index in [1.54, 1.807) is 12.4 Å². The van der Waals surface area contributed by atoms with Crippen molar-refractivity contribution in [1.82, 2.24) is 9.88 Å². The van der Waals surface area contributed by atoms with E-state index in [0.717, 1.165) is 37.4 Å². The smallest absolute Gasteiger partial charge is 0.222 e. The molecule has 1 aliphatic carbocycles. The fourth-order valence-electron chi connectivity index (χ4n) is 3.23. The van der Waals surface area contributed by atoms with Crippen LogP contribution in [0, 0.1) is 5.92 Å². The summed E-state index contributed by atoms with van der Waals surface area (Å²) >= 11 is 1.98. The molecule has 1 amide bonds. The van der Waals surface area contributed by atoms with E-state index in [2.05, 4.69) is 4.98 Å². The van der Waals surface area contributed by atoms with E-state index in [9.17, 15) is 4.79 Å². The molecule has 2 aliphatic heterocycles. The Morgan fingerprint density at radius 1 is 1.48 bits per heavy atom. The van der Waals surface area contributed by atoms with Gasteiger partial charge in [0.1, 0.15) is 11.9 Å². The molecule has 0 N–H and O–H groups in total. The van der Waals surface area contributed by atoms with Gasteiger partial charge in [0.2, 0.25) is 5.91 Å². The minimum Gasteiger partial charge on any atom is -0.488 e. The summed E-state index contributed by atoms with van der Waals surface area (Å²) in [5.74, 6) is 2.91. The van der Waals surface area contributed by atoms with Gasteiger partial charge >= 0.3 is 0 Å². The fourth-order valence-corrected chi connectivity index (χ4v) is 4.75. The highest BCUT2D eigenvalue weighted by atomic mass is 32.2. The summed E-state index contributed by atoms with van der Waals surface area (Å²) in [7, 11) is 0. The van der Waals surface area contributed by atoms with Gasteiger partial charge in [-0.05, 0) is 30.9 Å². The number of ether oxygens (including phenoxy) is 1. The molecular weight excluding hydrogens is 284 g/mol. The van der Waals surface area contributed by atoms with Gasteiger partial charge in [0.15, 0.2) is 0 Å². The first-order valence-electron chi connectivity index (χ1n) is 7.71. The molecule has 2 saturated heterocycles. The molecule has 1 atom stereocenters. The Morgan fingerprint density at radius 3 is 3.05 bits per heavy atom. The van der Waals surface area contributed by atoms with Gasteiger partial charge in [-0.15, -0.1) is 11.8 Å². The van der Waals surface area contributed by atoms with Crippen LogP contribution in [0.15, 0.2) is 24.5 Å². The maximum atomic E-state index is 12.1. The zero-order valence-corrected chi connectivity index (χ0v) is 12.8. The predicted molar refractivity (Wildman–Crippen MR) is 82.4 cm³/mol. The van der Waals surface area contributed by atoms with Crippen LogP contribution in [0.2, 0.25) is 0 Å². The average molecular weight is 304 g/mol. The summed E-state index contributed by atoms with van der Waals surface area (Å²) in [6, 6.07) is 3.85. The summed E-state index contributed by atoms with van der Waals surface area (Å²) in [6.07, 6.45) is 8.09. The van der Waals surface area contributed by atoms with E-state index in [1.165, 1.54) is 12.8 Å². The van der Waals surface area contributed by atoms with Crippen LogP contribution in [-0.4, -0.2) is 45.5 Å². The second-order valence-corrected chi connectivity index (χ2v) is 8.01. The lowest BCUT2D eigenvalue weighted by molar-refractivity contribution is -0.136. The molecule has 1 saturated carbocycles. The van der Waals surface area contributed by atoms with Crippen LogP contribution in [-0.2, 0) is 4.79 Å². The van der Waals surface area contributed by atoms with Crippen molar-refractivity contribution in [3.8, 4) is 5.75 Å². The van der Waals surface area contributed by atoms with E-state index >= 15 is 0 Å². The van der Waals surface area contributed by atoms with E-state index in [4.69, 9.17) is 4.74 Å². The quantitative estimate of drug-likeness (QED) is 0.856. The van der Waals surface area contributed by atoms with Gasteiger partial charge in [0, 0.05) is 37.9 Å². The summed E-state index contributed by atoms with van der Waals surface area (Å²) < 4.78 is 6.25. The number of rotatable bonds is 4. The SMILES string of the molecule is O=C(CC1CC1)N1CC2(C[C@@H](Oc3cccnc3)CS2)C1. The molecule has 4 nitrogen and oxygen atoms in total. The highest BCUT2D eigenvalue weighted by Gasteiger charge is 2.51. The molecule has 3 aliphatic rings. The summed E-state index contributed by atoms with van der Waals surface area (Å²) in [5, 5.41) is 0. The van der Waals surface area contributed by atoms with E-state index in [0.29, 0.717) is 11.8 Å². The normalized spacial score (nSPS) is 26.7. The molecule has 5 heteroatoms. The number of likely N-dealkylation sites (tertiary alicyclic amines) is 1. The maximum absolute atomic E-state index is 12.1. The Bertz CT molecular complexity index is 526. The van der Waals surface area contributed by atoms with Crippen LogP contribution >= 0.6 is 11.8 Å². The van der Waals surface area contributed by atoms with Crippen LogP contribution in [0.5, 0.6) is 5.75 Å². The molecule has 4 rings (SSSR count). The average Bonchev–Trinajstić information content (AvgIpc) is 3.15. The van der Waals surface area contributed by atoms with Gasteiger partial charge in [0.25, 0.3) is 0 Å². The zero-order chi connectivity index (χ0) is 14.3. The van der Waals surface area contributed by atoms with Gasteiger partial charge in [0.05, 0.1) is 10.9 Å². The lowest BCUT2D eigenvalue weighted by Gasteiger charge is -2.47. The topological polar surface area (TPSA) is 42.4 Å². The molecule has 0 aromatic carbocycles. The van der Waals surface area contributed by atoms with E-state index in [1.807, 2.05) is 28.8 Å². The number of pyridine rings is 1. The fraction of sp³-hybridized carbons (Fsp3) is 0.625. The van der Waals surface area contributed by atoms with Crippen LogP contribution < -0.4 is 4.74 Å². The zero-order valence-electron chi connectivity index (χ0n) is 12.0. The van der Waals surface area contributed by atoms with Crippen molar-refractivity contribution >= 4 is 17.7 Å². The van der Waals surface area contributed by atoms with Crippen LogP contribution in [0.1, 0.15) is 25.7 Å². The molecule has 112 valence electrons. The number of carbonyl (C=O) groups excluding carboxylic acids is 1.